The summed E-state index contributed by atoms with van der Waals surface area (Å²) in [4.78, 5) is 19.9. The van der Waals surface area contributed by atoms with Crippen molar-refractivity contribution in [2.75, 3.05) is 31.6 Å². The van der Waals surface area contributed by atoms with Gasteiger partial charge in [-0.3, -0.25) is 14.4 Å². The molecule has 5 atom stereocenters. The third kappa shape index (κ3) is 4.50. The number of pyridine rings is 1. The number of nitrogens with zero attached hydrogens (tertiary/aromatic N) is 4. The predicted molar refractivity (Wildman–Crippen MR) is 146 cm³/mol. The first kappa shape index (κ1) is 25.7. The number of halogens is 2. The van der Waals surface area contributed by atoms with Crippen molar-refractivity contribution in [3.8, 4) is 0 Å². The molecule has 0 spiro atoms. The first-order chi connectivity index (χ1) is 18.3. The van der Waals surface area contributed by atoms with Gasteiger partial charge in [-0.25, -0.2) is 9.37 Å². The standard InChI is InChI=1S/C29H35ClFN5O2/c1-4-20-26(23-7-8-35(3)34-23)27(20)28(37)33-25-13-18-11-21(22(30)12-19(18)14-32-25)17-5-9-36(10-6-17)29(2)16-38-15-24(29)31/h7-8,11-14,17,20,24,26-27H,4-6,9-10,15-16H2,1-3H3,(H,32,33,37)/t20-,24-,26?,27-,29+/m0/s1. The Kier molecular flexibility index (Phi) is 6.69. The van der Waals surface area contributed by atoms with Crippen LogP contribution >= 0.6 is 11.6 Å². The van der Waals surface area contributed by atoms with Crippen LogP contribution in [0.25, 0.3) is 10.8 Å². The summed E-state index contributed by atoms with van der Waals surface area (Å²) in [5, 5.41) is 10.3. The molecule has 0 radical (unpaired) electrons. The molecule has 2 aliphatic heterocycles. The van der Waals surface area contributed by atoms with Gasteiger partial charge in [0.1, 0.15) is 12.0 Å². The Morgan fingerprint density at radius 2 is 2.05 bits per heavy atom. The molecule has 1 N–H and O–H groups in total. The van der Waals surface area contributed by atoms with Crippen LogP contribution in [0.1, 0.15) is 56.2 Å². The molecular formula is C29H35ClFN5O2. The lowest BCUT2D eigenvalue weighted by molar-refractivity contribution is -0.117. The molecule has 202 valence electrons. The number of anilines is 1. The van der Waals surface area contributed by atoms with Crippen molar-refractivity contribution in [3.05, 3.63) is 52.9 Å². The molecule has 1 unspecified atom stereocenters. The molecule has 6 rings (SSSR count). The molecule has 1 amide bonds. The van der Waals surface area contributed by atoms with Crippen LogP contribution in [0.3, 0.4) is 0 Å². The summed E-state index contributed by atoms with van der Waals surface area (Å²) in [6.45, 7) is 6.35. The first-order valence-corrected chi connectivity index (χ1v) is 14.0. The highest BCUT2D eigenvalue weighted by Crippen LogP contribution is 2.55. The van der Waals surface area contributed by atoms with Crippen molar-refractivity contribution in [1.82, 2.24) is 19.7 Å². The number of likely N-dealkylation sites (tertiary alicyclic amines) is 1. The van der Waals surface area contributed by atoms with Gasteiger partial charge in [-0.2, -0.15) is 5.10 Å². The van der Waals surface area contributed by atoms with Crippen LogP contribution in [-0.4, -0.2) is 63.6 Å². The van der Waals surface area contributed by atoms with E-state index in [0.717, 1.165) is 59.4 Å². The van der Waals surface area contributed by atoms with Crippen LogP contribution in [0, 0.1) is 11.8 Å². The van der Waals surface area contributed by atoms with Crippen LogP contribution < -0.4 is 5.32 Å². The van der Waals surface area contributed by atoms with Gasteiger partial charge in [-0.15, -0.1) is 0 Å². The van der Waals surface area contributed by atoms with Crippen molar-refractivity contribution < 1.29 is 13.9 Å². The van der Waals surface area contributed by atoms with E-state index in [1.807, 2.05) is 38.4 Å². The average molecular weight is 540 g/mol. The molecule has 1 saturated carbocycles. The molecule has 1 aliphatic carbocycles. The van der Waals surface area contributed by atoms with Crippen molar-refractivity contribution in [3.63, 3.8) is 0 Å². The van der Waals surface area contributed by atoms with Crippen molar-refractivity contribution in [2.45, 2.75) is 56.7 Å². The topological polar surface area (TPSA) is 72.3 Å². The van der Waals surface area contributed by atoms with Crippen LogP contribution in [0.5, 0.6) is 0 Å². The number of nitrogens with one attached hydrogen (secondary N) is 1. The van der Waals surface area contributed by atoms with E-state index in [1.165, 1.54) is 0 Å². The summed E-state index contributed by atoms with van der Waals surface area (Å²) in [7, 11) is 1.90. The molecule has 9 heteroatoms. The van der Waals surface area contributed by atoms with Crippen LogP contribution in [0.2, 0.25) is 5.02 Å². The largest absolute Gasteiger partial charge is 0.376 e. The van der Waals surface area contributed by atoms with Gasteiger partial charge in [0.25, 0.3) is 0 Å². The minimum absolute atomic E-state index is 0.00327. The lowest BCUT2D eigenvalue weighted by atomic mass is 9.85. The minimum Gasteiger partial charge on any atom is -0.376 e. The van der Waals surface area contributed by atoms with Gasteiger partial charge in [0, 0.05) is 35.8 Å². The Hall–Kier alpha value is -2.55. The zero-order valence-electron chi connectivity index (χ0n) is 22.2. The Morgan fingerprint density at radius 1 is 1.26 bits per heavy atom. The van der Waals surface area contributed by atoms with E-state index in [2.05, 4.69) is 33.3 Å². The maximum absolute atomic E-state index is 14.5. The Morgan fingerprint density at radius 3 is 2.71 bits per heavy atom. The number of ether oxygens (including phenoxy) is 1. The highest BCUT2D eigenvalue weighted by atomic mass is 35.5. The second kappa shape index (κ2) is 9.88. The second-order valence-corrected chi connectivity index (χ2v) is 11.8. The zero-order valence-corrected chi connectivity index (χ0v) is 22.9. The number of fused-ring (bicyclic) bond motifs is 1. The molecule has 7 nitrogen and oxygen atoms in total. The number of carbonyl (C=O) groups excluding carboxylic acids is 1. The summed E-state index contributed by atoms with van der Waals surface area (Å²) in [6.07, 6.45) is 5.50. The summed E-state index contributed by atoms with van der Waals surface area (Å²) in [5.74, 6) is 1.21. The monoisotopic (exact) mass is 539 g/mol. The number of benzene rings is 1. The SMILES string of the molecule is CC[C@H]1C(c2ccn(C)n2)[C@H]1C(=O)Nc1cc2cc(C3CCN([C@]4(C)COC[C@@H]4F)CC3)c(Cl)cc2cn1. The van der Waals surface area contributed by atoms with Gasteiger partial charge in [0.05, 0.1) is 30.4 Å². The number of aryl methyl sites for hydroxylation is 1. The smallest absolute Gasteiger partial charge is 0.229 e. The van der Waals surface area contributed by atoms with Crippen LogP contribution in [-0.2, 0) is 16.6 Å². The quantitative estimate of drug-likeness (QED) is 0.460. The molecule has 3 aliphatic rings. The second-order valence-electron chi connectivity index (χ2n) is 11.4. The van der Waals surface area contributed by atoms with E-state index >= 15 is 0 Å². The molecule has 3 aromatic rings. The fourth-order valence-corrected chi connectivity index (χ4v) is 6.98. The van der Waals surface area contributed by atoms with Gasteiger partial charge in [-0.05, 0) is 79.9 Å². The Labute approximate surface area is 227 Å². The van der Waals surface area contributed by atoms with E-state index < -0.39 is 11.7 Å². The molecule has 4 heterocycles. The van der Waals surface area contributed by atoms with Gasteiger partial charge in [-0.1, -0.05) is 24.9 Å². The summed E-state index contributed by atoms with van der Waals surface area (Å²) >= 11 is 6.73. The summed E-state index contributed by atoms with van der Waals surface area (Å²) in [6, 6.07) is 8.04. The van der Waals surface area contributed by atoms with Gasteiger partial charge >= 0.3 is 0 Å². The zero-order chi connectivity index (χ0) is 26.6. The minimum atomic E-state index is -0.952. The molecular weight excluding hydrogens is 505 g/mol. The Bertz CT molecular complexity index is 1360. The fourth-order valence-electron chi connectivity index (χ4n) is 6.66. The lowest BCUT2D eigenvalue weighted by Gasteiger charge is -2.43. The Balaban J connectivity index is 1.16. The number of piperidine rings is 1. The highest BCUT2D eigenvalue weighted by Gasteiger charge is 2.55. The maximum atomic E-state index is 14.5. The van der Waals surface area contributed by atoms with Crippen molar-refractivity contribution >= 4 is 34.1 Å². The van der Waals surface area contributed by atoms with Gasteiger partial charge in [0.2, 0.25) is 5.91 Å². The van der Waals surface area contributed by atoms with E-state index in [0.29, 0.717) is 24.3 Å². The lowest BCUT2D eigenvalue weighted by Crippen LogP contribution is -2.55. The summed E-state index contributed by atoms with van der Waals surface area (Å²) in [5.41, 5.74) is 1.55. The molecule has 38 heavy (non-hydrogen) atoms. The fraction of sp³-hybridized carbons (Fsp3) is 0.552. The molecule has 2 saturated heterocycles. The number of hydrogen-bond acceptors (Lipinski definition) is 5. The molecule has 1 aromatic carbocycles. The van der Waals surface area contributed by atoms with E-state index in [-0.39, 0.29) is 24.3 Å². The molecule has 0 bridgehead atoms. The molecule has 2 aromatic heterocycles. The number of rotatable bonds is 6. The predicted octanol–water partition coefficient (Wildman–Crippen LogP) is 5.31. The van der Waals surface area contributed by atoms with Crippen molar-refractivity contribution in [1.29, 1.82) is 0 Å². The maximum Gasteiger partial charge on any atom is 0.229 e. The third-order valence-electron chi connectivity index (χ3n) is 9.10. The number of carbonyl (C=O) groups is 1. The third-order valence-corrected chi connectivity index (χ3v) is 9.42. The van der Waals surface area contributed by atoms with Crippen molar-refractivity contribution in [2.24, 2.45) is 18.9 Å². The average Bonchev–Trinajstić information content (AvgIpc) is 3.33. The van der Waals surface area contributed by atoms with E-state index in [1.54, 1.807) is 10.9 Å². The summed E-state index contributed by atoms with van der Waals surface area (Å²) < 4.78 is 21.7. The van der Waals surface area contributed by atoms with Crippen LogP contribution in [0.15, 0.2) is 36.7 Å². The number of amides is 1. The van der Waals surface area contributed by atoms with Crippen LogP contribution in [0.4, 0.5) is 10.2 Å². The number of alkyl halides is 1. The molecule has 3 fully saturated rings. The van der Waals surface area contributed by atoms with E-state index in [9.17, 15) is 9.18 Å². The highest BCUT2D eigenvalue weighted by molar-refractivity contribution is 6.32. The first-order valence-electron chi connectivity index (χ1n) is 13.6. The number of aromatic nitrogens is 3. The normalized spacial score (nSPS) is 30.1. The van der Waals surface area contributed by atoms with E-state index in [4.69, 9.17) is 16.3 Å². The van der Waals surface area contributed by atoms with Gasteiger partial charge in [0.15, 0.2) is 0 Å². The van der Waals surface area contributed by atoms with Gasteiger partial charge < -0.3 is 10.1 Å². The number of hydrogen-bond donors (Lipinski definition) is 1.